The fourth-order valence-electron chi connectivity index (χ4n) is 3.64. The summed E-state index contributed by atoms with van der Waals surface area (Å²) in [4.78, 5) is 24.0. The third kappa shape index (κ3) is 6.79. The van der Waals surface area contributed by atoms with E-state index in [-0.39, 0.29) is 29.7 Å². The number of nitrogens with one attached hydrogen (secondary N) is 2. The van der Waals surface area contributed by atoms with Crippen LogP contribution in [0.15, 0.2) is 37.0 Å². The summed E-state index contributed by atoms with van der Waals surface area (Å²) in [6.45, 7) is 9.36. The molecule has 2 amide bonds. The van der Waals surface area contributed by atoms with Crippen molar-refractivity contribution in [2.45, 2.75) is 75.8 Å². The lowest BCUT2D eigenvalue weighted by Gasteiger charge is -2.44. The molecule has 0 spiro atoms. The van der Waals surface area contributed by atoms with Gasteiger partial charge in [-0.25, -0.2) is 0 Å². The molecule has 2 rings (SSSR count). The molecule has 4 atom stereocenters. The summed E-state index contributed by atoms with van der Waals surface area (Å²) in [5, 5.41) is 16.8. The minimum absolute atomic E-state index is 0.155. The van der Waals surface area contributed by atoms with E-state index in [0.717, 1.165) is 49.4 Å². The largest absolute Gasteiger partial charge is 0.364 e. The second kappa shape index (κ2) is 10.8. The highest BCUT2D eigenvalue weighted by molar-refractivity contribution is 8.14. The van der Waals surface area contributed by atoms with Crippen LogP contribution in [0.1, 0.15) is 51.9 Å². The van der Waals surface area contributed by atoms with Gasteiger partial charge in [-0.05, 0) is 45.4 Å². The maximum atomic E-state index is 12.4. The number of thioether (sulfide) groups is 1. The maximum absolute atomic E-state index is 12.4. The smallest absolute Gasteiger partial charge is 0.279 e. The number of hydrogen-bond donors (Lipinski definition) is 3. The van der Waals surface area contributed by atoms with Gasteiger partial charge in [-0.3, -0.25) is 9.59 Å². The molecule has 2 heterocycles. The molecule has 0 bridgehead atoms. The minimum Gasteiger partial charge on any atom is -0.364 e. The first-order valence-electron chi connectivity index (χ1n) is 9.89. The molecule has 3 N–H and O–H groups in total. The van der Waals surface area contributed by atoms with Crippen molar-refractivity contribution in [3.8, 4) is 0 Å². The first-order valence-corrected chi connectivity index (χ1v) is 10.9. The van der Waals surface area contributed by atoms with Crippen LogP contribution in [0.25, 0.3) is 0 Å². The molecule has 156 valence electrons. The standard InChI is InChI=1S/C21H32N2O4S/c1-4-6-8-10-17-12-16(22-19(24)11-15(3)9-7-5-2)13-21(26,27-17)18-14-28-20(25)23-18/h4-5,11,16-18,26H,1-2,6-10,12-14H2,3H3,(H,22,24)(H,23,25)/t16-,17-,18?,21-/m1/s1. The Hall–Kier alpha value is -1.57. The van der Waals surface area contributed by atoms with Gasteiger partial charge in [0.2, 0.25) is 5.91 Å². The lowest BCUT2D eigenvalue weighted by molar-refractivity contribution is -0.269. The molecule has 6 nitrogen and oxygen atoms in total. The van der Waals surface area contributed by atoms with Gasteiger partial charge in [-0.2, -0.15) is 0 Å². The highest BCUT2D eigenvalue weighted by Gasteiger charge is 2.48. The first kappa shape index (κ1) is 22.7. The molecule has 28 heavy (non-hydrogen) atoms. The molecular weight excluding hydrogens is 376 g/mol. The summed E-state index contributed by atoms with van der Waals surface area (Å²) in [5.41, 5.74) is 0.988. The van der Waals surface area contributed by atoms with Crippen LogP contribution >= 0.6 is 11.8 Å². The average molecular weight is 409 g/mol. The van der Waals surface area contributed by atoms with Crippen molar-refractivity contribution < 1.29 is 19.4 Å². The highest BCUT2D eigenvalue weighted by atomic mass is 32.2. The number of unbranched alkanes of at least 4 members (excludes halogenated alkanes) is 1. The molecule has 0 aliphatic carbocycles. The van der Waals surface area contributed by atoms with Crippen LogP contribution in [0, 0.1) is 0 Å². The Bertz CT molecular complexity index is 622. The zero-order valence-corrected chi connectivity index (χ0v) is 17.4. The van der Waals surface area contributed by atoms with Gasteiger partial charge >= 0.3 is 0 Å². The van der Waals surface area contributed by atoms with Gasteiger partial charge in [0, 0.05) is 24.3 Å². The van der Waals surface area contributed by atoms with Gasteiger partial charge in [0.25, 0.3) is 5.24 Å². The molecule has 0 aromatic rings. The van der Waals surface area contributed by atoms with Crippen LogP contribution in [0.2, 0.25) is 0 Å². The van der Waals surface area contributed by atoms with Gasteiger partial charge in [-0.1, -0.05) is 29.5 Å². The first-order chi connectivity index (χ1) is 13.4. The number of allylic oxidation sites excluding steroid dienone is 3. The number of rotatable bonds is 10. The monoisotopic (exact) mass is 408 g/mol. The van der Waals surface area contributed by atoms with E-state index in [2.05, 4.69) is 23.8 Å². The Kier molecular flexibility index (Phi) is 8.79. The molecule has 2 aliphatic rings. The summed E-state index contributed by atoms with van der Waals surface area (Å²) in [7, 11) is 0. The fraction of sp³-hybridized carbons (Fsp3) is 0.619. The molecule has 0 radical (unpaired) electrons. The molecule has 2 aliphatic heterocycles. The molecule has 1 unspecified atom stereocenters. The van der Waals surface area contributed by atoms with E-state index in [1.165, 1.54) is 0 Å². The number of amides is 2. The van der Waals surface area contributed by atoms with Crippen LogP contribution in [0.5, 0.6) is 0 Å². The van der Waals surface area contributed by atoms with Crippen LogP contribution in [-0.2, 0) is 9.53 Å². The SMILES string of the molecule is C=CCCC[C@@H]1C[C@@H](NC(=O)C=C(C)CCC=C)C[C@](O)(C2CSC(=O)N2)O1. The van der Waals surface area contributed by atoms with Crippen molar-refractivity contribution in [3.63, 3.8) is 0 Å². The third-order valence-corrected chi connectivity index (χ3v) is 5.96. The predicted octanol–water partition coefficient (Wildman–Crippen LogP) is 3.43. The van der Waals surface area contributed by atoms with Crippen molar-refractivity contribution in [1.82, 2.24) is 10.6 Å². The third-order valence-electron chi connectivity index (χ3n) is 5.08. The Labute approximate surface area is 171 Å². The van der Waals surface area contributed by atoms with E-state index in [4.69, 9.17) is 4.74 Å². The van der Waals surface area contributed by atoms with E-state index in [0.29, 0.717) is 12.2 Å². The van der Waals surface area contributed by atoms with Crippen molar-refractivity contribution in [2.24, 2.45) is 0 Å². The van der Waals surface area contributed by atoms with Crippen molar-refractivity contribution in [2.75, 3.05) is 5.75 Å². The van der Waals surface area contributed by atoms with E-state index in [9.17, 15) is 14.7 Å². The number of hydrogen-bond acceptors (Lipinski definition) is 5. The molecular formula is C21H32N2O4S. The predicted molar refractivity (Wildman–Crippen MR) is 113 cm³/mol. The number of ether oxygens (including phenoxy) is 1. The van der Waals surface area contributed by atoms with E-state index in [1.807, 2.05) is 19.1 Å². The number of aliphatic hydroxyl groups is 1. The summed E-state index contributed by atoms with van der Waals surface area (Å²) in [5.74, 6) is -1.18. The lowest BCUT2D eigenvalue weighted by atomic mass is 9.90. The van der Waals surface area contributed by atoms with Crippen molar-refractivity contribution >= 4 is 22.9 Å². The zero-order chi connectivity index (χ0) is 20.6. The van der Waals surface area contributed by atoms with Gasteiger partial charge in [0.1, 0.15) is 0 Å². The van der Waals surface area contributed by atoms with Crippen LogP contribution < -0.4 is 10.6 Å². The van der Waals surface area contributed by atoms with Gasteiger partial charge in [0.05, 0.1) is 12.1 Å². The average Bonchev–Trinajstić information content (AvgIpc) is 3.07. The Morgan fingerprint density at radius 1 is 1.43 bits per heavy atom. The van der Waals surface area contributed by atoms with Gasteiger partial charge < -0.3 is 20.5 Å². The maximum Gasteiger partial charge on any atom is 0.279 e. The summed E-state index contributed by atoms with van der Waals surface area (Å²) in [6, 6.07) is -0.692. The summed E-state index contributed by atoms with van der Waals surface area (Å²) >= 11 is 1.14. The summed E-state index contributed by atoms with van der Waals surface area (Å²) < 4.78 is 6.01. The van der Waals surface area contributed by atoms with Crippen LogP contribution in [-0.4, -0.2) is 46.0 Å². The van der Waals surface area contributed by atoms with Crippen LogP contribution in [0.4, 0.5) is 4.79 Å². The zero-order valence-electron chi connectivity index (χ0n) is 16.6. The fourth-order valence-corrected chi connectivity index (χ4v) is 4.52. The topological polar surface area (TPSA) is 87.7 Å². The molecule has 0 saturated carbocycles. The minimum atomic E-state index is -1.48. The van der Waals surface area contributed by atoms with Crippen molar-refractivity contribution in [1.29, 1.82) is 0 Å². The molecule has 7 heteroatoms. The Morgan fingerprint density at radius 2 is 2.18 bits per heavy atom. The van der Waals surface area contributed by atoms with E-state index >= 15 is 0 Å². The second-order valence-electron chi connectivity index (χ2n) is 7.56. The molecule has 2 saturated heterocycles. The van der Waals surface area contributed by atoms with Gasteiger partial charge in [-0.15, -0.1) is 13.2 Å². The molecule has 0 aromatic heterocycles. The molecule has 2 fully saturated rings. The number of carbonyl (C=O) groups excluding carboxylic acids is 2. The van der Waals surface area contributed by atoms with Gasteiger partial charge in [0.15, 0.2) is 5.79 Å². The summed E-state index contributed by atoms with van der Waals surface area (Å²) in [6.07, 6.45) is 10.2. The van der Waals surface area contributed by atoms with E-state index in [1.54, 1.807) is 6.08 Å². The highest BCUT2D eigenvalue weighted by Crippen LogP contribution is 2.35. The second-order valence-corrected chi connectivity index (χ2v) is 8.56. The Morgan fingerprint density at radius 3 is 2.82 bits per heavy atom. The van der Waals surface area contributed by atoms with E-state index < -0.39 is 11.8 Å². The normalized spacial score (nSPS) is 30.6. The Balaban J connectivity index is 2.04. The quantitative estimate of drug-likeness (QED) is 0.293. The molecule has 0 aromatic carbocycles. The lowest BCUT2D eigenvalue weighted by Crippen LogP contribution is -2.60. The van der Waals surface area contributed by atoms with Crippen molar-refractivity contribution in [3.05, 3.63) is 37.0 Å². The number of carbonyl (C=O) groups is 2. The van der Waals surface area contributed by atoms with Crippen LogP contribution in [0.3, 0.4) is 0 Å².